The molecule has 1 aliphatic rings. The molecule has 3 aromatic rings. The molecule has 0 spiro atoms. The lowest BCUT2D eigenvalue weighted by Gasteiger charge is -2.28. The molecular formula is C19H20N2O2S2. The SMILES string of the molecule is O=S1(=O)CCC(N(Cc2cccs2)Cc2cccc3cccnc23)C1. The molecule has 130 valence electrons. The Hall–Kier alpha value is -1.76. The third-order valence-electron chi connectivity index (χ3n) is 4.75. The van der Waals surface area contributed by atoms with Crippen molar-refractivity contribution in [2.24, 2.45) is 0 Å². The van der Waals surface area contributed by atoms with E-state index in [1.807, 2.05) is 24.4 Å². The lowest BCUT2D eigenvalue weighted by Crippen LogP contribution is -2.35. The van der Waals surface area contributed by atoms with Gasteiger partial charge in [0.15, 0.2) is 9.84 Å². The largest absolute Gasteiger partial charge is 0.290 e. The van der Waals surface area contributed by atoms with Crippen LogP contribution in [0.1, 0.15) is 16.9 Å². The molecule has 0 bridgehead atoms. The van der Waals surface area contributed by atoms with Crippen LogP contribution in [0.15, 0.2) is 54.0 Å². The number of rotatable bonds is 5. The average molecular weight is 373 g/mol. The predicted molar refractivity (Wildman–Crippen MR) is 102 cm³/mol. The summed E-state index contributed by atoms with van der Waals surface area (Å²) in [5.41, 5.74) is 2.15. The van der Waals surface area contributed by atoms with Gasteiger partial charge in [-0.1, -0.05) is 30.3 Å². The lowest BCUT2D eigenvalue weighted by molar-refractivity contribution is 0.197. The van der Waals surface area contributed by atoms with E-state index >= 15 is 0 Å². The smallest absolute Gasteiger partial charge is 0.151 e. The van der Waals surface area contributed by atoms with E-state index in [4.69, 9.17) is 0 Å². The van der Waals surface area contributed by atoms with E-state index < -0.39 is 9.84 Å². The zero-order chi connectivity index (χ0) is 17.3. The standard InChI is InChI=1S/C19H20N2O2S2/c22-25(23)11-8-17(14-25)21(13-18-7-3-10-24-18)12-16-5-1-4-15-6-2-9-20-19(15)16/h1-7,9-10,17H,8,11-14H2. The fraction of sp³-hybridized carbons (Fsp3) is 0.316. The van der Waals surface area contributed by atoms with Crippen molar-refractivity contribution in [2.75, 3.05) is 11.5 Å². The molecule has 6 heteroatoms. The third-order valence-corrected chi connectivity index (χ3v) is 7.37. The van der Waals surface area contributed by atoms with E-state index in [-0.39, 0.29) is 11.8 Å². The maximum Gasteiger partial charge on any atom is 0.151 e. The predicted octanol–water partition coefficient (Wildman–Crippen LogP) is 3.49. The molecule has 1 saturated heterocycles. The van der Waals surface area contributed by atoms with Gasteiger partial charge in [0.25, 0.3) is 0 Å². The van der Waals surface area contributed by atoms with Gasteiger partial charge in [0.1, 0.15) is 0 Å². The van der Waals surface area contributed by atoms with Crippen molar-refractivity contribution in [2.45, 2.75) is 25.6 Å². The first-order valence-electron chi connectivity index (χ1n) is 8.40. The van der Waals surface area contributed by atoms with Crippen molar-refractivity contribution < 1.29 is 8.42 Å². The van der Waals surface area contributed by atoms with Crippen LogP contribution < -0.4 is 0 Å². The van der Waals surface area contributed by atoms with Crippen molar-refractivity contribution in [3.63, 3.8) is 0 Å². The quantitative estimate of drug-likeness (QED) is 0.688. The summed E-state index contributed by atoms with van der Waals surface area (Å²) in [5, 5.41) is 3.19. The van der Waals surface area contributed by atoms with E-state index in [1.54, 1.807) is 11.3 Å². The topological polar surface area (TPSA) is 50.3 Å². The monoisotopic (exact) mass is 372 g/mol. The molecule has 1 aliphatic heterocycles. The molecule has 4 rings (SSSR count). The van der Waals surface area contributed by atoms with E-state index in [0.29, 0.717) is 18.7 Å². The molecule has 0 saturated carbocycles. The van der Waals surface area contributed by atoms with Gasteiger partial charge >= 0.3 is 0 Å². The summed E-state index contributed by atoms with van der Waals surface area (Å²) in [6, 6.07) is 14.5. The summed E-state index contributed by atoms with van der Waals surface area (Å²) in [5.74, 6) is 0.558. The number of thiophene rings is 1. The van der Waals surface area contributed by atoms with Crippen LogP contribution in [0, 0.1) is 0 Å². The summed E-state index contributed by atoms with van der Waals surface area (Å²) in [6.07, 6.45) is 2.53. The van der Waals surface area contributed by atoms with Gasteiger partial charge in [-0.2, -0.15) is 0 Å². The van der Waals surface area contributed by atoms with Crippen molar-refractivity contribution >= 4 is 32.1 Å². The Morgan fingerprint density at radius 1 is 1.12 bits per heavy atom. The molecule has 1 fully saturated rings. The van der Waals surface area contributed by atoms with Crippen molar-refractivity contribution in [1.29, 1.82) is 0 Å². The molecular weight excluding hydrogens is 352 g/mol. The van der Waals surface area contributed by atoms with E-state index in [2.05, 4.69) is 39.5 Å². The molecule has 0 amide bonds. The molecule has 25 heavy (non-hydrogen) atoms. The van der Waals surface area contributed by atoms with Gasteiger partial charge in [-0.25, -0.2) is 8.42 Å². The summed E-state index contributed by atoms with van der Waals surface area (Å²) in [4.78, 5) is 8.11. The maximum atomic E-state index is 12.0. The van der Waals surface area contributed by atoms with Crippen molar-refractivity contribution in [1.82, 2.24) is 9.88 Å². The maximum absolute atomic E-state index is 12.0. The van der Waals surface area contributed by atoms with Crippen LogP contribution in [0.2, 0.25) is 0 Å². The van der Waals surface area contributed by atoms with E-state index in [1.165, 1.54) is 4.88 Å². The second-order valence-corrected chi connectivity index (χ2v) is 9.79. The summed E-state index contributed by atoms with van der Waals surface area (Å²) in [7, 11) is -2.91. The summed E-state index contributed by atoms with van der Waals surface area (Å²) in [6.45, 7) is 1.49. The molecule has 1 atom stereocenters. The fourth-order valence-electron chi connectivity index (χ4n) is 3.49. The fourth-order valence-corrected chi connectivity index (χ4v) is 5.98. The normalized spacial score (nSPS) is 19.6. The van der Waals surface area contributed by atoms with Crippen LogP contribution in [-0.4, -0.2) is 35.8 Å². The van der Waals surface area contributed by atoms with Crippen LogP contribution in [-0.2, 0) is 22.9 Å². The number of aromatic nitrogens is 1. The number of fused-ring (bicyclic) bond motifs is 1. The molecule has 4 nitrogen and oxygen atoms in total. The van der Waals surface area contributed by atoms with Crippen LogP contribution in [0.3, 0.4) is 0 Å². The highest BCUT2D eigenvalue weighted by atomic mass is 32.2. The Bertz CT molecular complexity index is 963. The van der Waals surface area contributed by atoms with Gasteiger partial charge in [0.2, 0.25) is 0 Å². The molecule has 1 unspecified atom stereocenters. The third kappa shape index (κ3) is 3.76. The number of sulfone groups is 1. The Morgan fingerprint density at radius 2 is 2.00 bits per heavy atom. The highest BCUT2D eigenvalue weighted by molar-refractivity contribution is 7.91. The highest BCUT2D eigenvalue weighted by Gasteiger charge is 2.32. The Morgan fingerprint density at radius 3 is 2.76 bits per heavy atom. The van der Waals surface area contributed by atoms with Gasteiger partial charge < -0.3 is 0 Å². The zero-order valence-electron chi connectivity index (χ0n) is 13.8. The van der Waals surface area contributed by atoms with Crippen molar-refractivity contribution in [3.8, 4) is 0 Å². The average Bonchev–Trinajstić information content (AvgIpc) is 3.24. The van der Waals surface area contributed by atoms with Gasteiger partial charge in [-0.3, -0.25) is 9.88 Å². The zero-order valence-corrected chi connectivity index (χ0v) is 15.5. The lowest BCUT2D eigenvalue weighted by atomic mass is 10.1. The van der Waals surface area contributed by atoms with Crippen LogP contribution >= 0.6 is 11.3 Å². The molecule has 3 heterocycles. The number of hydrogen-bond acceptors (Lipinski definition) is 5. The molecule has 2 aromatic heterocycles. The number of hydrogen-bond donors (Lipinski definition) is 0. The highest BCUT2D eigenvalue weighted by Crippen LogP contribution is 2.25. The van der Waals surface area contributed by atoms with E-state index in [0.717, 1.165) is 23.0 Å². The van der Waals surface area contributed by atoms with Gasteiger partial charge in [-0.15, -0.1) is 11.3 Å². The Labute approximate surface area is 152 Å². The van der Waals surface area contributed by atoms with Crippen LogP contribution in [0.5, 0.6) is 0 Å². The molecule has 0 aliphatic carbocycles. The first kappa shape index (κ1) is 16.7. The summed E-state index contributed by atoms with van der Waals surface area (Å²) >= 11 is 1.72. The van der Waals surface area contributed by atoms with Gasteiger partial charge in [0, 0.05) is 35.6 Å². The number of benzene rings is 1. The Balaban J connectivity index is 1.65. The van der Waals surface area contributed by atoms with Gasteiger partial charge in [-0.05, 0) is 29.5 Å². The first-order chi connectivity index (χ1) is 12.1. The molecule has 0 N–H and O–H groups in total. The second kappa shape index (κ2) is 6.86. The number of para-hydroxylation sites is 1. The Kier molecular flexibility index (Phi) is 4.58. The first-order valence-corrected chi connectivity index (χ1v) is 11.1. The minimum absolute atomic E-state index is 0.0751. The second-order valence-electron chi connectivity index (χ2n) is 6.53. The number of pyridine rings is 1. The van der Waals surface area contributed by atoms with Gasteiger partial charge in [0.05, 0.1) is 17.0 Å². The van der Waals surface area contributed by atoms with Crippen molar-refractivity contribution in [3.05, 3.63) is 64.5 Å². The minimum Gasteiger partial charge on any atom is -0.290 e. The molecule has 1 aromatic carbocycles. The van der Waals surface area contributed by atoms with E-state index in [9.17, 15) is 8.42 Å². The van der Waals surface area contributed by atoms with Crippen LogP contribution in [0.25, 0.3) is 10.9 Å². The minimum atomic E-state index is -2.91. The summed E-state index contributed by atoms with van der Waals surface area (Å²) < 4.78 is 24.0. The van der Waals surface area contributed by atoms with Crippen LogP contribution in [0.4, 0.5) is 0 Å². The molecule has 0 radical (unpaired) electrons. The number of nitrogens with zero attached hydrogens (tertiary/aromatic N) is 2.